The van der Waals surface area contributed by atoms with Crippen LogP contribution in [0.4, 0.5) is 5.69 Å². The Kier molecular flexibility index (Phi) is 11.8. The molecule has 0 radical (unpaired) electrons. The van der Waals surface area contributed by atoms with E-state index in [1.807, 2.05) is 81.4 Å². The third kappa shape index (κ3) is 9.90. The Morgan fingerprint density at radius 2 is 1.56 bits per heavy atom. The first-order valence-electron chi connectivity index (χ1n) is 13.9. The topological polar surface area (TPSA) is 86.8 Å². The van der Waals surface area contributed by atoms with E-state index in [-0.39, 0.29) is 31.3 Å². The first-order valence-corrected chi connectivity index (χ1v) is 16.1. The van der Waals surface area contributed by atoms with Crippen LogP contribution in [-0.2, 0) is 32.6 Å². The molecule has 220 valence electrons. The molecule has 2 amide bonds. The standard InChI is InChI=1S/C32H40ClN3O4S/c1-5-17-34-32(38)30(22-26-10-7-6-8-11-26)35(23-27-13-15-28(33)16-14-27)31(37)12-9-18-36(41(4,39)40)29-20-24(2)19-25(3)21-29/h6-8,10-11,13-16,19-21,30H,5,9,12,17-18,22-23H2,1-4H3,(H,34,38). The van der Waals surface area contributed by atoms with Gasteiger partial charge in [-0.1, -0.05) is 67.1 Å². The normalized spacial score (nSPS) is 12.0. The summed E-state index contributed by atoms with van der Waals surface area (Å²) < 4.78 is 26.7. The third-order valence-electron chi connectivity index (χ3n) is 6.73. The van der Waals surface area contributed by atoms with Crippen LogP contribution in [-0.4, -0.2) is 50.5 Å². The molecule has 0 saturated heterocycles. The van der Waals surface area contributed by atoms with Crippen molar-refractivity contribution >= 4 is 39.1 Å². The molecule has 0 aliphatic rings. The van der Waals surface area contributed by atoms with Gasteiger partial charge in [0.2, 0.25) is 21.8 Å². The highest BCUT2D eigenvalue weighted by Crippen LogP contribution is 2.23. The summed E-state index contributed by atoms with van der Waals surface area (Å²) in [5.41, 5.74) is 4.28. The average Bonchev–Trinajstić information content (AvgIpc) is 2.91. The fraction of sp³-hybridized carbons (Fsp3) is 0.375. The van der Waals surface area contributed by atoms with E-state index in [0.717, 1.165) is 28.7 Å². The quantitative estimate of drug-likeness (QED) is 0.259. The Hall–Kier alpha value is -3.36. The zero-order valence-corrected chi connectivity index (χ0v) is 25.8. The van der Waals surface area contributed by atoms with Crippen molar-refractivity contribution in [2.75, 3.05) is 23.7 Å². The van der Waals surface area contributed by atoms with Crippen molar-refractivity contribution in [2.24, 2.45) is 0 Å². The zero-order valence-electron chi connectivity index (χ0n) is 24.3. The van der Waals surface area contributed by atoms with Crippen LogP contribution in [0.25, 0.3) is 0 Å². The van der Waals surface area contributed by atoms with Crippen LogP contribution in [0.5, 0.6) is 0 Å². The van der Waals surface area contributed by atoms with E-state index in [4.69, 9.17) is 11.6 Å². The van der Waals surface area contributed by atoms with E-state index < -0.39 is 16.1 Å². The van der Waals surface area contributed by atoms with Crippen molar-refractivity contribution in [2.45, 2.75) is 59.0 Å². The fourth-order valence-corrected chi connectivity index (χ4v) is 5.88. The highest BCUT2D eigenvalue weighted by molar-refractivity contribution is 7.92. The lowest BCUT2D eigenvalue weighted by Crippen LogP contribution is -2.50. The largest absolute Gasteiger partial charge is 0.354 e. The number of nitrogens with zero attached hydrogens (tertiary/aromatic N) is 2. The van der Waals surface area contributed by atoms with Gasteiger partial charge < -0.3 is 10.2 Å². The molecule has 0 spiro atoms. The van der Waals surface area contributed by atoms with Gasteiger partial charge in [0.05, 0.1) is 11.9 Å². The Labute approximate surface area is 249 Å². The number of hydrogen-bond donors (Lipinski definition) is 1. The van der Waals surface area contributed by atoms with Crippen LogP contribution in [0.3, 0.4) is 0 Å². The van der Waals surface area contributed by atoms with E-state index >= 15 is 0 Å². The van der Waals surface area contributed by atoms with Gasteiger partial charge in [-0.15, -0.1) is 0 Å². The van der Waals surface area contributed by atoms with Crippen LogP contribution in [0.15, 0.2) is 72.8 Å². The number of halogens is 1. The number of hydrogen-bond acceptors (Lipinski definition) is 4. The molecule has 0 fully saturated rings. The molecule has 0 heterocycles. The minimum absolute atomic E-state index is 0.0801. The highest BCUT2D eigenvalue weighted by Gasteiger charge is 2.30. The minimum Gasteiger partial charge on any atom is -0.354 e. The fourth-order valence-electron chi connectivity index (χ4n) is 4.81. The van der Waals surface area contributed by atoms with Crippen molar-refractivity contribution in [1.29, 1.82) is 0 Å². The maximum Gasteiger partial charge on any atom is 0.243 e. The molecule has 41 heavy (non-hydrogen) atoms. The SMILES string of the molecule is CCCNC(=O)C(Cc1ccccc1)N(Cc1ccc(Cl)cc1)C(=O)CCCN(c1cc(C)cc(C)c1)S(C)(=O)=O. The molecule has 1 atom stereocenters. The van der Waals surface area contributed by atoms with Crippen molar-refractivity contribution in [3.8, 4) is 0 Å². The number of benzene rings is 3. The summed E-state index contributed by atoms with van der Waals surface area (Å²) in [6, 6.07) is 21.7. The Balaban J connectivity index is 1.87. The summed E-state index contributed by atoms with van der Waals surface area (Å²) in [6.07, 6.45) is 2.68. The Morgan fingerprint density at radius 1 is 0.927 bits per heavy atom. The highest BCUT2D eigenvalue weighted by atomic mass is 35.5. The molecule has 0 aliphatic heterocycles. The number of amides is 2. The molecule has 0 bridgehead atoms. The summed E-state index contributed by atoms with van der Waals surface area (Å²) in [5.74, 6) is -0.438. The molecule has 7 nitrogen and oxygen atoms in total. The maximum atomic E-state index is 13.9. The first kappa shape index (κ1) is 32.2. The number of sulfonamides is 1. The van der Waals surface area contributed by atoms with Crippen LogP contribution in [0, 0.1) is 13.8 Å². The lowest BCUT2D eigenvalue weighted by atomic mass is 10.0. The van der Waals surface area contributed by atoms with Gasteiger partial charge in [-0.05, 0) is 73.2 Å². The van der Waals surface area contributed by atoms with Crippen LogP contribution < -0.4 is 9.62 Å². The Morgan fingerprint density at radius 3 is 2.15 bits per heavy atom. The number of nitrogens with one attached hydrogen (secondary N) is 1. The molecule has 9 heteroatoms. The molecule has 3 rings (SSSR count). The smallest absolute Gasteiger partial charge is 0.243 e. The number of carbonyl (C=O) groups is 2. The van der Waals surface area contributed by atoms with E-state index in [2.05, 4.69) is 5.32 Å². The van der Waals surface area contributed by atoms with E-state index in [0.29, 0.717) is 30.1 Å². The molecule has 0 saturated carbocycles. The molecule has 3 aromatic carbocycles. The predicted octanol–water partition coefficient (Wildman–Crippen LogP) is 5.67. The second-order valence-corrected chi connectivity index (χ2v) is 12.8. The first-order chi connectivity index (χ1) is 19.5. The van der Waals surface area contributed by atoms with Crippen LogP contribution in [0.1, 0.15) is 48.4 Å². The molecule has 0 aromatic heterocycles. The number of anilines is 1. The zero-order chi connectivity index (χ0) is 30.0. The van der Waals surface area contributed by atoms with Crippen molar-refractivity contribution in [3.05, 3.63) is 100 Å². The molecular weight excluding hydrogens is 558 g/mol. The lowest BCUT2D eigenvalue weighted by molar-refractivity contribution is -0.141. The van der Waals surface area contributed by atoms with E-state index in [9.17, 15) is 18.0 Å². The van der Waals surface area contributed by atoms with E-state index in [1.165, 1.54) is 10.6 Å². The second-order valence-electron chi connectivity index (χ2n) is 10.4. The van der Waals surface area contributed by atoms with Crippen LogP contribution in [0.2, 0.25) is 5.02 Å². The number of aryl methyl sites for hydroxylation is 2. The van der Waals surface area contributed by atoms with Gasteiger partial charge in [0.15, 0.2) is 0 Å². The summed E-state index contributed by atoms with van der Waals surface area (Å²) in [4.78, 5) is 28.9. The van der Waals surface area contributed by atoms with Gasteiger partial charge in [-0.3, -0.25) is 13.9 Å². The molecule has 3 aromatic rings. The molecule has 0 aliphatic carbocycles. The average molecular weight is 598 g/mol. The molecule has 1 N–H and O–H groups in total. The number of carbonyl (C=O) groups excluding carboxylic acids is 2. The summed E-state index contributed by atoms with van der Waals surface area (Å²) in [5, 5.41) is 3.55. The number of rotatable bonds is 14. The lowest BCUT2D eigenvalue weighted by Gasteiger charge is -2.32. The van der Waals surface area contributed by atoms with Gasteiger partial charge in [0.25, 0.3) is 0 Å². The predicted molar refractivity (Wildman–Crippen MR) is 167 cm³/mol. The van der Waals surface area contributed by atoms with Gasteiger partial charge in [0, 0.05) is 37.5 Å². The monoisotopic (exact) mass is 597 g/mol. The second kappa shape index (κ2) is 15.0. The van der Waals surface area contributed by atoms with Crippen LogP contribution >= 0.6 is 11.6 Å². The maximum absolute atomic E-state index is 13.9. The summed E-state index contributed by atoms with van der Waals surface area (Å²) >= 11 is 6.09. The van der Waals surface area contributed by atoms with Crippen molar-refractivity contribution in [3.63, 3.8) is 0 Å². The van der Waals surface area contributed by atoms with Gasteiger partial charge >= 0.3 is 0 Å². The molecule has 1 unspecified atom stereocenters. The van der Waals surface area contributed by atoms with Gasteiger partial charge in [0.1, 0.15) is 6.04 Å². The Bertz CT molecular complexity index is 1390. The van der Waals surface area contributed by atoms with Crippen molar-refractivity contribution < 1.29 is 18.0 Å². The third-order valence-corrected chi connectivity index (χ3v) is 8.18. The van der Waals surface area contributed by atoms with Crippen molar-refractivity contribution in [1.82, 2.24) is 10.2 Å². The summed E-state index contributed by atoms with van der Waals surface area (Å²) in [6.45, 7) is 6.70. The minimum atomic E-state index is -3.57. The summed E-state index contributed by atoms with van der Waals surface area (Å²) in [7, 11) is -3.57. The van der Waals surface area contributed by atoms with Gasteiger partial charge in [-0.2, -0.15) is 0 Å². The molecular formula is C32H40ClN3O4S. The van der Waals surface area contributed by atoms with E-state index in [1.54, 1.807) is 17.0 Å². The van der Waals surface area contributed by atoms with Gasteiger partial charge in [-0.25, -0.2) is 8.42 Å².